The average Bonchev–Trinajstić information content (AvgIpc) is 2.46. The third-order valence-corrected chi connectivity index (χ3v) is 4.05. The molecule has 0 aliphatic carbocycles. The van der Waals surface area contributed by atoms with E-state index in [1.807, 2.05) is 0 Å². The molecule has 0 radical (unpaired) electrons. The van der Waals surface area contributed by atoms with E-state index >= 15 is 0 Å². The summed E-state index contributed by atoms with van der Waals surface area (Å²) >= 11 is 0. The van der Waals surface area contributed by atoms with Gasteiger partial charge in [0.15, 0.2) is 0 Å². The number of carbonyl (C=O) groups is 1. The van der Waals surface area contributed by atoms with Crippen LogP contribution in [0.5, 0.6) is 0 Å². The zero-order chi connectivity index (χ0) is 16.5. The summed E-state index contributed by atoms with van der Waals surface area (Å²) in [5.41, 5.74) is 1.17. The smallest absolute Gasteiger partial charge is 0.339 e. The number of aryl methyl sites for hydroxylation is 1. The second kappa shape index (κ2) is 6.10. The molecule has 0 spiro atoms. The molecular weight excluding hydrogens is 298 g/mol. The number of alkyl halides is 3. The van der Waals surface area contributed by atoms with Crippen molar-refractivity contribution in [1.82, 2.24) is 4.90 Å². The predicted octanol–water partition coefficient (Wildman–Crippen LogP) is 4.19. The summed E-state index contributed by atoms with van der Waals surface area (Å²) in [6.07, 6.45) is -3.00. The predicted molar refractivity (Wildman–Crippen MR) is 75.9 cm³/mol. The van der Waals surface area contributed by atoms with Gasteiger partial charge in [-0.2, -0.15) is 13.2 Å². The fraction of sp³-hybridized carbons (Fsp3) is 0.438. The third-order valence-electron chi connectivity index (χ3n) is 4.05. The molecule has 1 aromatic rings. The minimum atomic E-state index is -4.24. The molecule has 1 amide bonds. The van der Waals surface area contributed by atoms with Gasteiger partial charge in [-0.25, -0.2) is 4.39 Å². The number of hydrogen-bond donors (Lipinski definition) is 0. The Hall–Kier alpha value is -1.85. The van der Waals surface area contributed by atoms with Crippen molar-refractivity contribution in [3.8, 4) is 0 Å². The summed E-state index contributed by atoms with van der Waals surface area (Å²) in [5, 5.41) is 0. The summed E-state index contributed by atoms with van der Waals surface area (Å²) in [7, 11) is 0. The van der Waals surface area contributed by atoms with Gasteiger partial charge in [0.2, 0.25) is 0 Å². The lowest BCUT2D eigenvalue weighted by atomic mass is 9.95. The van der Waals surface area contributed by atoms with Crippen LogP contribution in [0, 0.1) is 18.7 Å². The number of nitrogens with zero attached hydrogens (tertiary/aromatic N) is 1. The highest BCUT2D eigenvalue weighted by molar-refractivity contribution is 5.95. The van der Waals surface area contributed by atoms with Gasteiger partial charge in [-0.1, -0.05) is 12.7 Å². The van der Waals surface area contributed by atoms with Crippen molar-refractivity contribution in [1.29, 1.82) is 0 Å². The van der Waals surface area contributed by atoms with Crippen molar-refractivity contribution in [2.75, 3.05) is 13.1 Å². The lowest BCUT2D eigenvalue weighted by molar-refractivity contribution is -0.183. The first kappa shape index (κ1) is 16.5. The van der Waals surface area contributed by atoms with Gasteiger partial charge in [-0.05, 0) is 43.0 Å². The van der Waals surface area contributed by atoms with Gasteiger partial charge in [0.1, 0.15) is 5.82 Å². The van der Waals surface area contributed by atoms with Crippen molar-refractivity contribution in [3.63, 3.8) is 0 Å². The number of rotatable bonds is 2. The van der Waals surface area contributed by atoms with Gasteiger partial charge >= 0.3 is 6.18 Å². The topological polar surface area (TPSA) is 20.3 Å². The molecular formula is C16H17F4NO. The van der Waals surface area contributed by atoms with Crippen LogP contribution >= 0.6 is 0 Å². The number of benzene rings is 1. The van der Waals surface area contributed by atoms with E-state index in [1.165, 1.54) is 23.1 Å². The standard InChI is InChI=1S/C16H17F4NO/c1-3-11-9-13(14(17)8-10(11)2)15(22)21-6-4-12(5-7-21)16(18,19)20/h3,8-9,12H,1,4-7H2,2H3. The summed E-state index contributed by atoms with van der Waals surface area (Å²) in [5.74, 6) is -2.62. The fourth-order valence-electron chi connectivity index (χ4n) is 2.65. The van der Waals surface area contributed by atoms with Crippen molar-refractivity contribution >= 4 is 12.0 Å². The molecule has 22 heavy (non-hydrogen) atoms. The van der Waals surface area contributed by atoms with Crippen molar-refractivity contribution in [2.45, 2.75) is 25.9 Å². The molecule has 1 heterocycles. The van der Waals surface area contributed by atoms with Crippen LogP contribution in [0.1, 0.15) is 34.3 Å². The molecule has 2 rings (SSSR count). The van der Waals surface area contributed by atoms with Crippen LogP contribution in [0.25, 0.3) is 6.08 Å². The van der Waals surface area contributed by atoms with Crippen molar-refractivity contribution in [2.24, 2.45) is 5.92 Å². The third kappa shape index (κ3) is 3.31. The maximum atomic E-state index is 14.0. The molecule has 120 valence electrons. The van der Waals surface area contributed by atoms with Crippen LogP contribution < -0.4 is 0 Å². The van der Waals surface area contributed by atoms with Gasteiger partial charge in [-0.3, -0.25) is 4.79 Å². The summed E-state index contributed by atoms with van der Waals surface area (Å²) in [6.45, 7) is 5.27. The molecule has 1 saturated heterocycles. The van der Waals surface area contributed by atoms with Gasteiger partial charge in [0.25, 0.3) is 5.91 Å². The van der Waals surface area contributed by atoms with Crippen LogP contribution in [0.2, 0.25) is 0 Å². The summed E-state index contributed by atoms with van der Waals surface area (Å²) < 4.78 is 51.9. The Labute approximate surface area is 126 Å². The second-order valence-electron chi connectivity index (χ2n) is 5.50. The lowest BCUT2D eigenvalue weighted by Crippen LogP contribution is -2.42. The van der Waals surface area contributed by atoms with E-state index in [1.54, 1.807) is 6.92 Å². The second-order valence-corrected chi connectivity index (χ2v) is 5.50. The van der Waals surface area contributed by atoms with Crippen LogP contribution in [-0.2, 0) is 0 Å². The highest BCUT2D eigenvalue weighted by atomic mass is 19.4. The molecule has 0 bridgehead atoms. The van der Waals surface area contributed by atoms with Crippen LogP contribution in [0.15, 0.2) is 18.7 Å². The van der Waals surface area contributed by atoms with Gasteiger partial charge in [0, 0.05) is 13.1 Å². The Morgan fingerprint density at radius 1 is 1.32 bits per heavy atom. The van der Waals surface area contributed by atoms with E-state index in [4.69, 9.17) is 0 Å². The minimum absolute atomic E-state index is 0.0141. The number of halogens is 4. The maximum Gasteiger partial charge on any atom is 0.391 e. The van der Waals surface area contributed by atoms with E-state index < -0.39 is 23.8 Å². The van der Waals surface area contributed by atoms with Crippen LogP contribution in [-0.4, -0.2) is 30.1 Å². The Morgan fingerprint density at radius 2 is 1.91 bits per heavy atom. The first-order chi connectivity index (χ1) is 10.2. The average molecular weight is 315 g/mol. The molecule has 6 heteroatoms. The summed E-state index contributed by atoms with van der Waals surface area (Å²) in [4.78, 5) is 13.6. The molecule has 2 nitrogen and oxygen atoms in total. The Kier molecular flexibility index (Phi) is 4.58. The zero-order valence-electron chi connectivity index (χ0n) is 12.2. The van der Waals surface area contributed by atoms with Gasteiger partial charge in [0.05, 0.1) is 11.5 Å². The SMILES string of the molecule is C=Cc1cc(C(=O)N2CCC(C(F)(F)F)CC2)c(F)cc1C. The Balaban J connectivity index is 2.15. The Morgan fingerprint density at radius 3 is 2.41 bits per heavy atom. The maximum absolute atomic E-state index is 14.0. The van der Waals surface area contributed by atoms with Gasteiger partial charge in [-0.15, -0.1) is 0 Å². The number of piperidine rings is 1. The summed E-state index contributed by atoms with van der Waals surface area (Å²) in [6, 6.07) is 2.64. The normalized spacial score (nSPS) is 16.7. The highest BCUT2D eigenvalue weighted by Gasteiger charge is 2.41. The molecule has 0 unspecified atom stereocenters. The van der Waals surface area contributed by atoms with Crippen molar-refractivity contribution < 1.29 is 22.4 Å². The fourth-order valence-corrected chi connectivity index (χ4v) is 2.65. The minimum Gasteiger partial charge on any atom is -0.339 e. The van der Waals surface area contributed by atoms with E-state index in [9.17, 15) is 22.4 Å². The molecule has 0 aromatic heterocycles. The van der Waals surface area contributed by atoms with E-state index in [0.717, 1.165) is 0 Å². The van der Waals surface area contributed by atoms with Crippen LogP contribution in [0.4, 0.5) is 17.6 Å². The molecule has 0 N–H and O–H groups in total. The number of amides is 1. The van der Waals surface area contributed by atoms with E-state index in [-0.39, 0.29) is 31.5 Å². The van der Waals surface area contributed by atoms with Crippen LogP contribution in [0.3, 0.4) is 0 Å². The quantitative estimate of drug-likeness (QED) is 0.749. The molecule has 0 atom stereocenters. The van der Waals surface area contributed by atoms with E-state index in [2.05, 4.69) is 6.58 Å². The molecule has 1 aliphatic rings. The first-order valence-electron chi connectivity index (χ1n) is 7.02. The molecule has 0 saturated carbocycles. The largest absolute Gasteiger partial charge is 0.391 e. The Bertz CT molecular complexity index is 587. The lowest BCUT2D eigenvalue weighted by Gasteiger charge is -2.33. The molecule has 1 aliphatic heterocycles. The number of likely N-dealkylation sites (tertiary alicyclic amines) is 1. The monoisotopic (exact) mass is 315 g/mol. The number of carbonyl (C=O) groups excluding carboxylic acids is 1. The highest BCUT2D eigenvalue weighted by Crippen LogP contribution is 2.34. The van der Waals surface area contributed by atoms with Gasteiger partial charge < -0.3 is 4.90 Å². The first-order valence-corrected chi connectivity index (χ1v) is 7.02. The van der Waals surface area contributed by atoms with E-state index in [0.29, 0.717) is 11.1 Å². The molecule has 1 fully saturated rings. The van der Waals surface area contributed by atoms with Crippen molar-refractivity contribution in [3.05, 3.63) is 41.2 Å². The number of hydrogen-bond acceptors (Lipinski definition) is 1. The zero-order valence-corrected chi connectivity index (χ0v) is 12.2. The molecule has 1 aromatic carbocycles.